The summed E-state index contributed by atoms with van der Waals surface area (Å²) >= 11 is 3.52. The Hall–Kier alpha value is -0.420. The average molecular weight is 339 g/mol. The SMILES string of the molecule is Brc1ccc(C2CCCN2CCN2CCOCC2)cc1. The second-order valence-corrected chi connectivity index (χ2v) is 6.62. The molecule has 0 aromatic heterocycles. The van der Waals surface area contributed by atoms with Crippen molar-refractivity contribution in [3.63, 3.8) is 0 Å². The number of nitrogens with zero attached hydrogens (tertiary/aromatic N) is 2. The second kappa shape index (κ2) is 7.03. The maximum atomic E-state index is 5.41. The van der Waals surface area contributed by atoms with Crippen LogP contribution in [0, 0.1) is 0 Å². The first-order valence-electron chi connectivity index (χ1n) is 7.62. The summed E-state index contributed by atoms with van der Waals surface area (Å²) in [6, 6.07) is 9.47. The third-order valence-corrected chi connectivity index (χ3v) is 4.95. The zero-order valence-corrected chi connectivity index (χ0v) is 13.5. The quantitative estimate of drug-likeness (QED) is 0.839. The fourth-order valence-corrected chi connectivity index (χ4v) is 3.52. The van der Waals surface area contributed by atoms with Crippen molar-refractivity contribution in [1.29, 1.82) is 0 Å². The number of benzene rings is 1. The number of hydrogen-bond donors (Lipinski definition) is 0. The van der Waals surface area contributed by atoms with E-state index in [1.165, 1.54) is 42.5 Å². The lowest BCUT2D eigenvalue weighted by Crippen LogP contribution is -2.41. The molecule has 4 heteroatoms. The van der Waals surface area contributed by atoms with E-state index >= 15 is 0 Å². The molecule has 0 N–H and O–H groups in total. The number of morpholine rings is 1. The smallest absolute Gasteiger partial charge is 0.0594 e. The van der Waals surface area contributed by atoms with Gasteiger partial charge in [-0.1, -0.05) is 28.1 Å². The van der Waals surface area contributed by atoms with Gasteiger partial charge < -0.3 is 4.74 Å². The summed E-state index contributed by atoms with van der Waals surface area (Å²) in [4.78, 5) is 5.18. The van der Waals surface area contributed by atoms with Crippen molar-refractivity contribution in [3.05, 3.63) is 34.3 Å². The maximum absolute atomic E-state index is 5.41. The van der Waals surface area contributed by atoms with E-state index in [4.69, 9.17) is 4.74 Å². The summed E-state index contributed by atoms with van der Waals surface area (Å²) in [5.41, 5.74) is 1.47. The summed E-state index contributed by atoms with van der Waals surface area (Å²) < 4.78 is 6.58. The molecular weight excluding hydrogens is 316 g/mol. The molecule has 3 rings (SSSR count). The third-order valence-electron chi connectivity index (χ3n) is 4.43. The Morgan fingerprint density at radius 1 is 1.05 bits per heavy atom. The van der Waals surface area contributed by atoms with Gasteiger partial charge in [0.25, 0.3) is 0 Å². The minimum Gasteiger partial charge on any atom is -0.379 e. The Balaban J connectivity index is 1.56. The van der Waals surface area contributed by atoms with E-state index in [2.05, 4.69) is 50.0 Å². The predicted octanol–water partition coefficient (Wildman–Crippen LogP) is 2.92. The van der Waals surface area contributed by atoms with E-state index in [0.717, 1.165) is 26.3 Å². The second-order valence-electron chi connectivity index (χ2n) is 5.70. The van der Waals surface area contributed by atoms with Gasteiger partial charge in [0.2, 0.25) is 0 Å². The Kier molecular flexibility index (Phi) is 5.10. The van der Waals surface area contributed by atoms with Crippen LogP contribution in [-0.2, 0) is 4.74 Å². The largest absolute Gasteiger partial charge is 0.379 e. The minimum absolute atomic E-state index is 0.615. The highest BCUT2D eigenvalue weighted by Gasteiger charge is 2.26. The van der Waals surface area contributed by atoms with Gasteiger partial charge in [-0.3, -0.25) is 9.80 Å². The molecule has 1 atom stereocenters. The van der Waals surface area contributed by atoms with E-state index in [0.29, 0.717) is 6.04 Å². The first-order chi connectivity index (χ1) is 9.83. The molecule has 2 saturated heterocycles. The van der Waals surface area contributed by atoms with Gasteiger partial charge in [0.15, 0.2) is 0 Å². The highest BCUT2D eigenvalue weighted by atomic mass is 79.9. The highest BCUT2D eigenvalue weighted by molar-refractivity contribution is 9.10. The highest BCUT2D eigenvalue weighted by Crippen LogP contribution is 2.32. The molecule has 110 valence electrons. The molecule has 2 aliphatic rings. The molecule has 1 aromatic carbocycles. The first kappa shape index (κ1) is 14.5. The number of halogens is 1. The Bertz CT molecular complexity index is 417. The fraction of sp³-hybridized carbons (Fsp3) is 0.625. The van der Waals surface area contributed by atoms with Crippen molar-refractivity contribution in [2.24, 2.45) is 0 Å². The maximum Gasteiger partial charge on any atom is 0.0594 e. The number of ether oxygens (including phenoxy) is 1. The molecule has 2 aliphatic heterocycles. The van der Waals surface area contributed by atoms with Crippen LogP contribution >= 0.6 is 15.9 Å². The lowest BCUT2D eigenvalue weighted by Gasteiger charge is -2.31. The molecule has 2 fully saturated rings. The van der Waals surface area contributed by atoms with Crippen LogP contribution in [-0.4, -0.2) is 55.7 Å². The summed E-state index contributed by atoms with van der Waals surface area (Å²) in [6.45, 7) is 7.59. The van der Waals surface area contributed by atoms with Crippen LogP contribution in [0.5, 0.6) is 0 Å². The van der Waals surface area contributed by atoms with Crippen LogP contribution < -0.4 is 0 Å². The molecule has 0 radical (unpaired) electrons. The molecule has 3 nitrogen and oxygen atoms in total. The molecule has 0 aliphatic carbocycles. The van der Waals surface area contributed by atoms with E-state index in [-0.39, 0.29) is 0 Å². The lowest BCUT2D eigenvalue weighted by atomic mass is 10.0. The summed E-state index contributed by atoms with van der Waals surface area (Å²) in [7, 11) is 0. The zero-order valence-electron chi connectivity index (χ0n) is 11.9. The Labute approximate surface area is 130 Å². The third kappa shape index (κ3) is 3.61. The van der Waals surface area contributed by atoms with E-state index in [1.807, 2.05) is 0 Å². The standard InChI is InChI=1S/C16H23BrN2O/c17-15-5-3-14(4-6-15)16-2-1-7-19(16)9-8-18-10-12-20-13-11-18/h3-6,16H,1-2,7-13H2. The number of likely N-dealkylation sites (tertiary alicyclic amines) is 1. The van der Waals surface area contributed by atoms with Gasteiger partial charge in [-0.25, -0.2) is 0 Å². The van der Waals surface area contributed by atoms with Gasteiger partial charge in [0.05, 0.1) is 13.2 Å². The van der Waals surface area contributed by atoms with Gasteiger partial charge in [-0.15, -0.1) is 0 Å². The van der Waals surface area contributed by atoms with Crippen molar-refractivity contribution in [1.82, 2.24) is 9.80 Å². The Morgan fingerprint density at radius 2 is 1.80 bits per heavy atom. The molecule has 0 spiro atoms. The summed E-state index contributed by atoms with van der Waals surface area (Å²) in [6.07, 6.45) is 2.62. The van der Waals surface area contributed by atoms with Gasteiger partial charge in [0, 0.05) is 36.7 Å². The van der Waals surface area contributed by atoms with Crippen molar-refractivity contribution in [2.75, 3.05) is 45.9 Å². The lowest BCUT2D eigenvalue weighted by molar-refractivity contribution is 0.0327. The fourth-order valence-electron chi connectivity index (χ4n) is 3.25. The van der Waals surface area contributed by atoms with Crippen LogP contribution in [0.15, 0.2) is 28.7 Å². The van der Waals surface area contributed by atoms with E-state index < -0.39 is 0 Å². The molecule has 20 heavy (non-hydrogen) atoms. The Morgan fingerprint density at radius 3 is 2.55 bits per heavy atom. The molecule has 1 aromatic rings. The van der Waals surface area contributed by atoms with Crippen molar-refractivity contribution >= 4 is 15.9 Å². The van der Waals surface area contributed by atoms with Crippen LogP contribution in [0.1, 0.15) is 24.4 Å². The van der Waals surface area contributed by atoms with E-state index in [9.17, 15) is 0 Å². The summed E-state index contributed by atoms with van der Waals surface area (Å²) in [5.74, 6) is 0. The average Bonchev–Trinajstić information content (AvgIpc) is 2.95. The monoisotopic (exact) mass is 338 g/mol. The molecule has 0 saturated carbocycles. The van der Waals surface area contributed by atoms with Crippen LogP contribution in [0.3, 0.4) is 0 Å². The number of rotatable bonds is 4. The minimum atomic E-state index is 0.615. The zero-order chi connectivity index (χ0) is 13.8. The van der Waals surface area contributed by atoms with Gasteiger partial charge >= 0.3 is 0 Å². The topological polar surface area (TPSA) is 15.7 Å². The number of hydrogen-bond acceptors (Lipinski definition) is 3. The first-order valence-corrected chi connectivity index (χ1v) is 8.42. The molecule has 1 unspecified atom stereocenters. The van der Waals surface area contributed by atoms with Crippen LogP contribution in [0.2, 0.25) is 0 Å². The normalized spacial score (nSPS) is 25.1. The van der Waals surface area contributed by atoms with Gasteiger partial charge in [-0.05, 0) is 37.1 Å². The predicted molar refractivity (Wildman–Crippen MR) is 84.9 cm³/mol. The molecule has 2 heterocycles. The van der Waals surface area contributed by atoms with Gasteiger partial charge in [-0.2, -0.15) is 0 Å². The van der Waals surface area contributed by atoms with Crippen LogP contribution in [0.4, 0.5) is 0 Å². The molecular formula is C16H23BrN2O. The van der Waals surface area contributed by atoms with Crippen LogP contribution in [0.25, 0.3) is 0 Å². The van der Waals surface area contributed by atoms with Gasteiger partial charge in [0.1, 0.15) is 0 Å². The van der Waals surface area contributed by atoms with Crippen molar-refractivity contribution < 1.29 is 4.74 Å². The van der Waals surface area contributed by atoms with E-state index in [1.54, 1.807) is 0 Å². The van der Waals surface area contributed by atoms with Crippen molar-refractivity contribution in [2.45, 2.75) is 18.9 Å². The molecule has 0 amide bonds. The summed E-state index contributed by atoms with van der Waals surface area (Å²) in [5, 5.41) is 0. The van der Waals surface area contributed by atoms with Crippen molar-refractivity contribution in [3.8, 4) is 0 Å². The molecule has 0 bridgehead atoms.